The molecule has 0 aromatic heterocycles. The van der Waals surface area contributed by atoms with Crippen LogP contribution < -0.4 is 10.9 Å². The minimum atomic E-state index is -1.90. The number of aldehydes is 1. The molecule has 3 N–H and O–H groups in total. The highest BCUT2D eigenvalue weighted by molar-refractivity contribution is 6.60. The number of rotatable bonds is 4. The van der Waals surface area contributed by atoms with E-state index in [4.69, 9.17) is 0 Å². The highest BCUT2D eigenvalue weighted by atomic mass is 16.4. The molecule has 0 radical (unpaired) electrons. The van der Waals surface area contributed by atoms with Gasteiger partial charge in [0.05, 0.1) is 5.54 Å². The number of benzene rings is 2. The number of hydrogen-bond donors (Lipinski definition) is 3. The van der Waals surface area contributed by atoms with Crippen molar-refractivity contribution in [1.82, 2.24) is 10.4 Å². The van der Waals surface area contributed by atoms with Crippen molar-refractivity contribution in [1.29, 1.82) is 0 Å². The molecule has 0 atom stereocenters. The number of hydrogen-bond acceptors (Lipinski definition) is 5. The molecule has 7 nitrogen and oxygen atoms in total. The first-order valence-electron chi connectivity index (χ1n) is 9.13. The average molecular weight is 396 g/mol. The topological polar surface area (TPSA) is 107 Å². The van der Waals surface area contributed by atoms with Crippen molar-refractivity contribution in [3.63, 3.8) is 0 Å². The van der Waals surface area contributed by atoms with Crippen LogP contribution in [0.1, 0.15) is 63.0 Å². The van der Waals surface area contributed by atoms with Gasteiger partial charge < -0.3 is 10.0 Å². The van der Waals surface area contributed by atoms with Gasteiger partial charge in [0, 0.05) is 16.7 Å². The van der Waals surface area contributed by atoms with Crippen molar-refractivity contribution in [3.8, 4) is 0 Å². The summed E-state index contributed by atoms with van der Waals surface area (Å²) < 4.78 is 0. The van der Waals surface area contributed by atoms with Crippen LogP contribution in [0.25, 0.3) is 0 Å². The Morgan fingerprint density at radius 2 is 1.59 bits per heavy atom. The van der Waals surface area contributed by atoms with E-state index in [1.54, 1.807) is 32.9 Å². The standard InChI is InChI=1S/C21H25BN2O5/c1-13-8-14(2)10-17(9-13)20(27)24(21(3,4)5)23-19(26)15-6-7-16(12-25)18(11-15)22(28)29/h6-12,28-29H,1-5H3,(H,23,26). The lowest BCUT2D eigenvalue weighted by Gasteiger charge is -2.35. The molecule has 2 aromatic carbocycles. The second kappa shape index (κ2) is 8.59. The van der Waals surface area contributed by atoms with E-state index in [1.807, 2.05) is 19.9 Å². The third-order valence-electron chi connectivity index (χ3n) is 4.31. The van der Waals surface area contributed by atoms with Crippen molar-refractivity contribution in [2.24, 2.45) is 0 Å². The monoisotopic (exact) mass is 396 g/mol. The summed E-state index contributed by atoms with van der Waals surface area (Å²) in [6.07, 6.45) is 0.474. The van der Waals surface area contributed by atoms with E-state index in [1.165, 1.54) is 23.2 Å². The zero-order valence-corrected chi connectivity index (χ0v) is 17.2. The van der Waals surface area contributed by atoms with Crippen molar-refractivity contribution in [3.05, 3.63) is 64.2 Å². The van der Waals surface area contributed by atoms with Crippen LogP contribution in [0.4, 0.5) is 0 Å². The third kappa shape index (κ3) is 5.31. The summed E-state index contributed by atoms with van der Waals surface area (Å²) in [6, 6.07) is 9.37. The molecule has 2 aromatic rings. The van der Waals surface area contributed by atoms with Gasteiger partial charge in [0.25, 0.3) is 11.8 Å². The molecule has 0 heterocycles. The molecule has 0 bridgehead atoms. The van der Waals surface area contributed by atoms with Gasteiger partial charge >= 0.3 is 7.12 Å². The molecule has 0 fully saturated rings. The van der Waals surface area contributed by atoms with Gasteiger partial charge in [-0.15, -0.1) is 0 Å². The molecule has 8 heteroatoms. The normalized spacial score (nSPS) is 11.0. The Labute approximate surface area is 170 Å². The SMILES string of the molecule is Cc1cc(C)cc(C(=O)N(NC(=O)c2ccc(C=O)c(B(O)O)c2)C(C)(C)C)c1. The van der Waals surface area contributed by atoms with E-state index >= 15 is 0 Å². The molecule has 0 aliphatic carbocycles. The predicted molar refractivity (Wildman–Crippen MR) is 111 cm³/mol. The summed E-state index contributed by atoms with van der Waals surface area (Å²) in [5, 5.41) is 20.1. The average Bonchev–Trinajstić information content (AvgIpc) is 2.63. The first-order chi connectivity index (χ1) is 13.4. The number of nitrogens with zero attached hydrogens (tertiary/aromatic N) is 1. The number of hydrazine groups is 1. The van der Waals surface area contributed by atoms with Crippen LogP contribution in [-0.2, 0) is 0 Å². The second-order valence-corrected chi connectivity index (χ2v) is 7.96. The molecule has 0 aliphatic rings. The molecule has 0 spiro atoms. The first-order valence-corrected chi connectivity index (χ1v) is 9.13. The van der Waals surface area contributed by atoms with Crippen molar-refractivity contribution < 1.29 is 24.4 Å². The van der Waals surface area contributed by atoms with Crippen LogP contribution in [0, 0.1) is 13.8 Å². The summed E-state index contributed by atoms with van der Waals surface area (Å²) >= 11 is 0. The van der Waals surface area contributed by atoms with Crippen molar-refractivity contribution >= 4 is 30.7 Å². The predicted octanol–water partition coefficient (Wildman–Crippen LogP) is 1.38. The number of aryl methyl sites for hydroxylation is 2. The minimum absolute atomic E-state index is 0.0653. The van der Waals surface area contributed by atoms with Crippen LogP contribution in [-0.4, -0.2) is 45.8 Å². The molecule has 152 valence electrons. The maximum atomic E-state index is 13.1. The van der Waals surface area contributed by atoms with Gasteiger partial charge in [-0.25, -0.2) is 5.01 Å². The maximum absolute atomic E-state index is 13.1. The molecule has 0 saturated heterocycles. The van der Waals surface area contributed by atoms with Crippen molar-refractivity contribution in [2.45, 2.75) is 40.2 Å². The summed E-state index contributed by atoms with van der Waals surface area (Å²) in [5.74, 6) is -0.985. The fraction of sp³-hybridized carbons (Fsp3) is 0.286. The Kier molecular flexibility index (Phi) is 6.61. The summed E-state index contributed by atoms with van der Waals surface area (Å²) in [5.41, 5.74) is 4.25. The van der Waals surface area contributed by atoms with Crippen LogP contribution >= 0.6 is 0 Å². The molecule has 2 rings (SSSR count). The van der Waals surface area contributed by atoms with E-state index < -0.39 is 18.6 Å². The van der Waals surface area contributed by atoms with Gasteiger partial charge in [-0.1, -0.05) is 23.3 Å². The second-order valence-electron chi connectivity index (χ2n) is 7.96. The molecule has 29 heavy (non-hydrogen) atoms. The van der Waals surface area contributed by atoms with Gasteiger partial charge in [0.15, 0.2) is 0 Å². The number of amides is 2. The van der Waals surface area contributed by atoms with Crippen LogP contribution in [0.5, 0.6) is 0 Å². The highest BCUT2D eigenvalue weighted by Gasteiger charge is 2.30. The Balaban J connectivity index is 2.38. The largest absolute Gasteiger partial charge is 0.489 e. The van der Waals surface area contributed by atoms with Gasteiger partial charge in [0.1, 0.15) is 6.29 Å². The Bertz CT molecular complexity index is 930. The van der Waals surface area contributed by atoms with Crippen molar-refractivity contribution in [2.75, 3.05) is 0 Å². The van der Waals surface area contributed by atoms with Crippen LogP contribution in [0.3, 0.4) is 0 Å². The quantitative estimate of drug-likeness (QED) is 0.411. The summed E-state index contributed by atoms with van der Waals surface area (Å²) in [7, 11) is -1.90. The van der Waals surface area contributed by atoms with Crippen LogP contribution in [0.15, 0.2) is 36.4 Å². The van der Waals surface area contributed by atoms with Gasteiger partial charge in [-0.2, -0.15) is 0 Å². The van der Waals surface area contributed by atoms with E-state index in [2.05, 4.69) is 5.43 Å². The third-order valence-corrected chi connectivity index (χ3v) is 4.31. The van der Waals surface area contributed by atoms with Gasteiger partial charge in [0.2, 0.25) is 0 Å². The molecular weight excluding hydrogens is 371 g/mol. The van der Waals surface area contributed by atoms with Gasteiger partial charge in [-0.05, 0) is 64.3 Å². The smallest absolute Gasteiger partial charge is 0.423 e. The van der Waals surface area contributed by atoms with E-state index in [-0.39, 0.29) is 22.5 Å². The zero-order chi connectivity index (χ0) is 21.9. The van der Waals surface area contributed by atoms with E-state index in [9.17, 15) is 24.4 Å². The van der Waals surface area contributed by atoms with E-state index in [0.717, 1.165) is 11.1 Å². The molecule has 0 aliphatic heterocycles. The fourth-order valence-electron chi connectivity index (χ4n) is 2.96. The minimum Gasteiger partial charge on any atom is -0.423 e. The maximum Gasteiger partial charge on any atom is 0.489 e. The van der Waals surface area contributed by atoms with Gasteiger partial charge in [-0.3, -0.25) is 19.8 Å². The lowest BCUT2D eigenvalue weighted by molar-refractivity contribution is 0.0358. The summed E-state index contributed by atoms with van der Waals surface area (Å²) in [6.45, 7) is 9.13. The zero-order valence-electron chi connectivity index (χ0n) is 17.2. The molecule has 2 amide bonds. The highest BCUT2D eigenvalue weighted by Crippen LogP contribution is 2.18. The molecule has 0 saturated carbocycles. The Morgan fingerprint density at radius 3 is 2.07 bits per heavy atom. The molecule has 0 unspecified atom stereocenters. The Morgan fingerprint density at radius 1 is 1.00 bits per heavy atom. The molecular formula is C21H25BN2O5. The number of carbonyl (C=O) groups excluding carboxylic acids is 3. The summed E-state index contributed by atoms with van der Waals surface area (Å²) in [4.78, 5) is 37.0. The Hall–Kier alpha value is -2.97. The first kappa shape index (κ1) is 22.3. The number of nitrogens with one attached hydrogen (secondary N) is 1. The lowest BCUT2D eigenvalue weighted by Crippen LogP contribution is -2.56. The number of carbonyl (C=O) groups is 3. The lowest BCUT2D eigenvalue weighted by atomic mass is 9.76. The fourth-order valence-corrected chi connectivity index (χ4v) is 2.96. The van der Waals surface area contributed by atoms with Crippen LogP contribution in [0.2, 0.25) is 0 Å². The van der Waals surface area contributed by atoms with E-state index in [0.29, 0.717) is 11.8 Å².